The molecule has 0 bridgehead atoms. The van der Waals surface area contributed by atoms with Gasteiger partial charge in [-0.25, -0.2) is 19.2 Å². The summed E-state index contributed by atoms with van der Waals surface area (Å²) in [7, 11) is 0. The maximum Gasteiger partial charge on any atom is 0.340 e. The van der Waals surface area contributed by atoms with Crippen LogP contribution in [0, 0.1) is 0 Å². The lowest BCUT2D eigenvalue weighted by Crippen LogP contribution is -2.44. The molecule has 0 spiro atoms. The largest absolute Gasteiger partial charge is 0.494 e. The van der Waals surface area contributed by atoms with E-state index in [1.807, 2.05) is 72.8 Å². The van der Waals surface area contributed by atoms with Crippen molar-refractivity contribution < 1.29 is 57.1 Å². The zero-order valence-electron chi connectivity index (χ0n) is 42.2. The van der Waals surface area contributed by atoms with Crippen molar-refractivity contribution in [3.63, 3.8) is 0 Å². The van der Waals surface area contributed by atoms with Crippen LogP contribution in [-0.2, 0) is 38.0 Å². The molecule has 1 aliphatic heterocycles. The summed E-state index contributed by atoms with van der Waals surface area (Å²) in [6.07, 6.45) is 22.9. The van der Waals surface area contributed by atoms with E-state index in [0.29, 0.717) is 37.6 Å². The number of esters is 4. The van der Waals surface area contributed by atoms with Crippen molar-refractivity contribution in [2.75, 3.05) is 39.6 Å². The second kappa shape index (κ2) is 34.2. The van der Waals surface area contributed by atoms with E-state index < -0.39 is 24.5 Å². The summed E-state index contributed by atoms with van der Waals surface area (Å²) in [6, 6.07) is 30.0. The lowest BCUT2D eigenvalue weighted by Gasteiger charge is -2.30. The van der Waals surface area contributed by atoms with Crippen molar-refractivity contribution in [2.24, 2.45) is 0 Å². The van der Waals surface area contributed by atoms with E-state index in [2.05, 4.69) is 13.2 Å². The summed E-state index contributed by atoms with van der Waals surface area (Å²) in [5.74, 6) is -0.315. The van der Waals surface area contributed by atoms with Gasteiger partial charge in [0.15, 0.2) is 0 Å². The summed E-state index contributed by atoms with van der Waals surface area (Å²) in [5.41, 5.74) is 4.47. The molecule has 0 radical (unpaired) electrons. The van der Waals surface area contributed by atoms with Crippen molar-refractivity contribution in [1.29, 1.82) is 0 Å². The highest BCUT2D eigenvalue weighted by atomic mass is 16.8. The van der Waals surface area contributed by atoms with Crippen LogP contribution in [0.3, 0.4) is 0 Å². The highest BCUT2D eigenvalue weighted by Crippen LogP contribution is 2.26. The average molecular weight is 989 g/mol. The van der Waals surface area contributed by atoms with Crippen LogP contribution in [0.15, 0.2) is 122 Å². The minimum Gasteiger partial charge on any atom is -0.494 e. The Balaban J connectivity index is 0.927. The lowest BCUT2D eigenvalue weighted by molar-refractivity contribution is -0.288. The quantitative estimate of drug-likeness (QED) is 0.0185. The summed E-state index contributed by atoms with van der Waals surface area (Å²) in [4.78, 5) is 48.5. The first kappa shape index (κ1) is 56.7. The van der Waals surface area contributed by atoms with E-state index in [-0.39, 0.29) is 25.2 Å². The van der Waals surface area contributed by atoms with Crippen LogP contribution in [0.5, 0.6) is 11.5 Å². The molecular formula is C60H76O12. The molecule has 4 aromatic carbocycles. The van der Waals surface area contributed by atoms with E-state index >= 15 is 0 Å². The molecule has 1 fully saturated rings. The Labute approximate surface area is 427 Å². The van der Waals surface area contributed by atoms with Crippen LogP contribution in [-0.4, -0.2) is 76.1 Å². The van der Waals surface area contributed by atoms with E-state index in [1.54, 1.807) is 24.3 Å². The minimum absolute atomic E-state index is 0.175. The molecule has 0 unspecified atom stereocenters. The van der Waals surface area contributed by atoms with Crippen LogP contribution in [0.2, 0.25) is 0 Å². The van der Waals surface area contributed by atoms with Crippen LogP contribution in [0.1, 0.15) is 149 Å². The van der Waals surface area contributed by atoms with Crippen molar-refractivity contribution >= 4 is 23.9 Å². The first-order chi connectivity index (χ1) is 35.3. The SMILES string of the molecule is C=CC(=O)OCCCCCCCCCCCCOc1ccc(-c2ccc(C(=O)O[C@@H]3OCCO[C@H]3OC(=O)c3ccc(-c4ccc(OCCCCCCCCCCCCOC(=O)C=C)cc4)cc3)cc2)cc1. The average Bonchev–Trinajstić information content (AvgIpc) is 3.41. The fourth-order valence-corrected chi connectivity index (χ4v) is 8.18. The van der Waals surface area contributed by atoms with Gasteiger partial charge < -0.3 is 37.9 Å². The monoisotopic (exact) mass is 989 g/mol. The summed E-state index contributed by atoms with van der Waals surface area (Å²) in [5, 5.41) is 0. The molecule has 12 nitrogen and oxygen atoms in total. The minimum atomic E-state index is -1.24. The van der Waals surface area contributed by atoms with Gasteiger partial charge in [0, 0.05) is 12.2 Å². The molecule has 1 heterocycles. The molecule has 72 heavy (non-hydrogen) atoms. The van der Waals surface area contributed by atoms with Crippen LogP contribution in [0.4, 0.5) is 0 Å². The highest BCUT2D eigenvalue weighted by Gasteiger charge is 2.34. The second-order valence-electron chi connectivity index (χ2n) is 18.0. The Kier molecular flexibility index (Phi) is 26.9. The van der Waals surface area contributed by atoms with E-state index in [0.717, 1.165) is 85.1 Å². The summed E-state index contributed by atoms with van der Waals surface area (Å²) in [6.45, 7) is 9.46. The number of benzene rings is 4. The fourth-order valence-electron chi connectivity index (χ4n) is 8.18. The van der Waals surface area contributed by atoms with Gasteiger partial charge in [0.25, 0.3) is 12.6 Å². The van der Waals surface area contributed by atoms with Gasteiger partial charge >= 0.3 is 23.9 Å². The van der Waals surface area contributed by atoms with Crippen molar-refractivity contribution in [1.82, 2.24) is 0 Å². The first-order valence-corrected chi connectivity index (χ1v) is 26.2. The highest BCUT2D eigenvalue weighted by molar-refractivity contribution is 5.91. The fraction of sp³-hybridized carbons (Fsp3) is 0.467. The number of carbonyl (C=O) groups excluding carboxylic acids is 4. The number of ether oxygens (including phenoxy) is 8. The molecule has 1 saturated heterocycles. The second-order valence-corrected chi connectivity index (χ2v) is 18.0. The molecule has 12 heteroatoms. The molecule has 0 saturated carbocycles. The van der Waals surface area contributed by atoms with Crippen molar-refractivity contribution in [3.05, 3.63) is 133 Å². The third kappa shape index (κ3) is 22.0. The van der Waals surface area contributed by atoms with Gasteiger partial charge in [0.2, 0.25) is 0 Å². The lowest BCUT2D eigenvalue weighted by atomic mass is 10.0. The normalized spacial score (nSPS) is 14.2. The van der Waals surface area contributed by atoms with E-state index in [1.165, 1.54) is 89.2 Å². The predicted octanol–water partition coefficient (Wildman–Crippen LogP) is 13.8. The van der Waals surface area contributed by atoms with Crippen LogP contribution < -0.4 is 9.47 Å². The first-order valence-electron chi connectivity index (χ1n) is 26.2. The van der Waals surface area contributed by atoms with Gasteiger partial charge in [-0.2, -0.15) is 0 Å². The number of hydrogen-bond donors (Lipinski definition) is 0. The van der Waals surface area contributed by atoms with E-state index in [9.17, 15) is 19.2 Å². The topological polar surface area (TPSA) is 142 Å². The molecule has 0 aliphatic carbocycles. The number of rotatable bonds is 36. The Morgan fingerprint density at radius 1 is 0.389 bits per heavy atom. The summed E-state index contributed by atoms with van der Waals surface area (Å²) < 4.78 is 44.6. The zero-order valence-corrected chi connectivity index (χ0v) is 42.2. The molecule has 0 N–H and O–H groups in total. The van der Waals surface area contributed by atoms with Crippen LogP contribution >= 0.6 is 0 Å². The van der Waals surface area contributed by atoms with Gasteiger partial charge in [0.1, 0.15) is 11.5 Å². The Bertz CT molecular complexity index is 2030. The van der Waals surface area contributed by atoms with Gasteiger partial charge in [-0.05, 0) is 96.5 Å². The zero-order chi connectivity index (χ0) is 50.9. The molecule has 0 aromatic heterocycles. The molecule has 4 aromatic rings. The van der Waals surface area contributed by atoms with Gasteiger partial charge in [0.05, 0.1) is 50.8 Å². The van der Waals surface area contributed by atoms with Crippen molar-refractivity contribution in [2.45, 2.75) is 141 Å². The Morgan fingerprint density at radius 2 is 0.653 bits per heavy atom. The molecular weight excluding hydrogens is 913 g/mol. The predicted molar refractivity (Wildman–Crippen MR) is 280 cm³/mol. The third-order valence-electron chi connectivity index (χ3n) is 12.4. The van der Waals surface area contributed by atoms with Gasteiger partial charge in [-0.3, -0.25) is 0 Å². The van der Waals surface area contributed by atoms with Crippen molar-refractivity contribution in [3.8, 4) is 33.8 Å². The van der Waals surface area contributed by atoms with E-state index in [4.69, 9.17) is 37.9 Å². The van der Waals surface area contributed by atoms with Gasteiger partial charge in [-0.15, -0.1) is 0 Å². The molecule has 0 amide bonds. The standard InChI is InChI=1S/C60H76O12/c1-3-55(61)67-43-23-19-15-11-7-5-9-13-17-21-41-65-53-37-33-49(34-38-53)47-25-29-51(30-26-47)57(63)71-59-60(70-46-45-69-59)72-58(64)52-31-27-48(28-32-52)50-35-39-54(40-36-50)66-42-22-18-14-10-6-8-12-16-20-24-44-68-56(62)4-2/h3-4,25-40,59-60H,1-2,5-24,41-46H2/t59-,60-/m0/s1. The maximum absolute atomic E-state index is 13.2. The third-order valence-corrected chi connectivity index (χ3v) is 12.4. The number of hydrogen-bond acceptors (Lipinski definition) is 12. The number of carbonyl (C=O) groups is 4. The number of unbranched alkanes of at least 4 members (excludes halogenated alkanes) is 18. The summed E-state index contributed by atoms with van der Waals surface area (Å²) >= 11 is 0. The maximum atomic E-state index is 13.2. The molecule has 2 atom stereocenters. The Morgan fingerprint density at radius 3 is 0.944 bits per heavy atom. The Hall–Kier alpha value is -6.24. The molecule has 5 rings (SSSR count). The van der Waals surface area contributed by atoms with Crippen LogP contribution in [0.25, 0.3) is 22.3 Å². The van der Waals surface area contributed by atoms with Gasteiger partial charge in [-0.1, -0.05) is 164 Å². The molecule has 388 valence electrons. The smallest absolute Gasteiger partial charge is 0.340 e. The molecule has 1 aliphatic rings.